The van der Waals surface area contributed by atoms with Crippen LogP contribution in [0.1, 0.15) is 30.9 Å². The van der Waals surface area contributed by atoms with Gasteiger partial charge in [0, 0.05) is 50.1 Å². The average molecular weight is 658 g/mol. The largest absolute Gasteiger partial charge is 0.354 e. The summed E-state index contributed by atoms with van der Waals surface area (Å²) >= 11 is 0. The van der Waals surface area contributed by atoms with E-state index in [9.17, 15) is 0 Å². The predicted molar refractivity (Wildman–Crippen MR) is 212 cm³/mol. The van der Waals surface area contributed by atoms with E-state index in [0.717, 1.165) is 67.1 Å². The van der Waals surface area contributed by atoms with Gasteiger partial charge in [0.15, 0.2) is 0 Å². The Kier molecular flexibility index (Phi) is 6.52. The molecule has 244 valence electrons. The molecule has 0 aliphatic heterocycles. The summed E-state index contributed by atoms with van der Waals surface area (Å²) in [6, 6.07) is 50.1. The second kappa shape index (κ2) is 11.3. The van der Waals surface area contributed by atoms with Gasteiger partial charge in [0.2, 0.25) is 0 Å². The highest BCUT2D eigenvalue weighted by molar-refractivity contribution is 6.13. The zero-order valence-corrected chi connectivity index (χ0v) is 28.7. The number of hydrogen-bond donors (Lipinski definition) is 1. The second-order valence-corrected chi connectivity index (χ2v) is 13.9. The molecule has 4 aromatic heterocycles. The molecule has 6 aromatic carbocycles. The number of nitrogens with zero attached hydrogens (tertiary/aromatic N) is 4. The van der Waals surface area contributed by atoms with Gasteiger partial charge in [0.05, 0.1) is 27.6 Å². The SMILES string of the molecule is Cc1ccc2[nH]c3c(-c4nc5c(-c6ccc7c8cc(C(C)C)ccc8n(-c8ccccn8)c7c6)cccc5n4-c4ccccc4)cccc3c2c1. The number of para-hydroxylation sites is 3. The first-order valence-electron chi connectivity index (χ1n) is 17.6. The van der Waals surface area contributed by atoms with E-state index in [0.29, 0.717) is 5.92 Å². The van der Waals surface area contributed by atoms with Crippen molar-refractivity contribution in [1.29, 1.82) is 0 Å². The number of imidazole rings is 1. The lowest BCUT2D eigenvalue weighted by Crippen LogP contribution is -1.97. The first-order chi connectivity index (χ1) is 25.0. The third-order valence-corrected chi connectivity index (χ3v) is 10.4. The molecule has 0 radical (unpaired) electrons. The Bertz CT molecular complexity index is 2940. The molecule has 0 amide bonds. The lowest BCUT2D eigenvalue weighted by atomic mass is 9.99. The first-order valence-corrected chi connectivity index (χ1v) is 17.6. The fraction of sp³-hybridized carbons (Fsp3) is 0.0870. The molecule has 10 aromatic rings. The van der Waals surface area contributed by atoms with Gasteiger partial charge in [-0.1, -0.05) is 92.2 Å². The van der Waals surface area contributed by atoms with E-state index in [-0.39, 0.29) is 0 Å². The number of nitrogens with one attached hydrogen (secondary N) is 1. The molecular weight excluding hydrogens is 623 g/mol. The Morgan fingerprint density at radius 3 is 2.27 bits per heavy atom. The maximum atomic E-state index is 5.53. The Morgan fingerprint density at radius 2 is 1.43 bits per heavy atom. The summed E-state index contributed by atoms with van der Waals surface area (Å²) in [6.07, 6.45) is 1.87. The molecule has 4 heterocycles. The minimum atomic E-state index is 0.438. The van der Waals surface area contributed by atoms with Crippen molar-refractivity contribution < 1.29 is 0 Å². The molecule has 0 saturated carbocycles. The van der Waals surface area contributed by atoms with Crippen LogP contribution in [0, 0.1) is 6.92 Å². The third kappa shape index (κ3) is 4.55. The van der Waals surface area contributed by atoms with Crippen molar-refractivity contribution in [1.82, 2.24) is 24.1 Å². The summed E-state index contributed by atoms with van der Waals surface area (Å²) in [7, 11) is 0. The zero-order valence-electron chi connectivity index (χ0n) is 28.7. The van der Waals surface area contributed by atoms with Crippen molar-refractivity contribution in [2.45, 2.75) is 26.7 Å². The normalized spacial score (nSPS) is 12.0. The van der Waals surface area contributed by atoms with E-state index in [4.69, 9.17) is 9.97 Å². The number of aryl methyl sites for hydroxylation is 1. The van der Waals surface area contributed by atoms with Crippen LogP contribution >= 0.6 is 0 Å². The molecule has 5 nitrogen and oxygen atoms in total. The van der Waals surface area contributed by atoms with Gasteiger partial charge >= 0.3 is 0 Å². The number of hydrogen-bond acceptors (Lipinski definition) is 2. The minimum absolute atomic E-state index is 0.438. The van der Waals surface area contributed by atoms with Crippen molar-refractivity contribution in [2.24, 2.45) is 0 Å². The molecule has 0 spiro atoms. The lowest BCUT2D eigenvalue weighted by Gasteiger charge is -2.11. The monoisotopic (exact) mass is 657 g/mol. The fourth-order valence-electron chi connectivity index (χ4n) is 7.87. The van der Waals surface area contributed by atoms with Gasteiger partial charge in [-0.25, -0.2) is 9.97 Å². The molecule has 0 fully saturated rings. The third-order valence-electron chi connectivity index (χ3n) is 10.4. The number of pyridine rings is 1. The summed E-state index contributed by atoms with van der Waals surface area (Å²) in [5, 5.41) is 4.88. The summed E-state index contributed by atoms with van der Waals surface area (Å²) < 4.78 is 4.60. The number of benzene rings is 6. The smallest absolute Gasteiger partial charge is 0.147 e. The van der Waals surface area contributed by atoms with Crippen molar-refractivity contribution in [3.8, 4) is 34.0 Å². The molecule has 0 saturated heterocycles. The van der Waals surface area contributed by atoms with Crippen LogP contribution in [0.4, 0.5) is 0 Å². The number of rotatable bonds is 5. The van der Waals surface area contributed by atoms with Crippen molar-refractivity contribution in [3.63, 3.8) is 0 Å². The van der Waals surface area contributed by atoms with Crippen LogP contribution in [0.2, 0.25) is 0 Å². The highest BCUT2D eigenvalue weighted by Crippen LogP contribution is 2.40. The molecule has 0 aliphatic carbocycles. The van der Waals surface area contributed by atoms with Gasteiger partial charge in [-0.15, -0.1) is 0 Å². The summed E-state index contributed by atoms with van der Waals surface area (Å²) in [5.74, 6) is 2.25. The molecule has 51 heavy (non-hydrogen) atoms. The molecule has 0 atom stereocenters. The molecule has 0 aliphatic rings. The molecule has 10 rings (SSSR count). The maximum absolute atomic E-state index is 5.53. The first kappa shape index (κ1) is 29.5. The Labute approximate surface area is 295 Å². The van der Waals surface area contributed by atoms with Crippen molar-refractivity contribution in [3.05, 3.63) is 157 Å². The zero-order chi connectivity index (χ0) is 34.2. The number of aromatic amines is 1. The van der Waals surface area contributed by atoms with E-state index in [1.165, 1.54) is 32.7 Å². The van der Waals surface area contributed by atoms with Crippen molar-refractivity contribution in [2.75, 3.05) is 0 Å². The molecule has 1 N–H and O–H groups in total. The van der Waals surface area contributed by atoms with Crippen LogP contribution in [-0.2, 0) is 0 Å². The molecule has 0 unspecified atom stereocenters. The van der Waals surface area contributed by atoms with Crippen LogP contribution < -0.4 is 0 Å². The standard InChI is InChI=1S/C46H35N5/c1-28(2)30-20-23-40-38(26-30)34-21-19-31(27-42(34)51(40)43-17-7-8-24-47-43)33-13-10-16-41-45(33)49-46(50(41)32-11-5-4-6-12-32)36-15-9-14-35-37-25-29(3)18-22-39(37)48-44(35)36/h4-28,48H,1-3H3. The van der Waals surface area contributed by atoms with Crippen LogP contribution in [0.15, 0.2) is 146 Å². The van der Waals surface area contributed by atoms with Gasteiger partial charge in [-0.2, -0.15) is 0 Å². The van der Waals surface area contributed by atoms with Gasteiger partial charge in [-0.3, -0.25) is 9.13 Å². The van der Waals surface area contributed by atoms with E-state index in [2.05, 4.69) is 168 Å². The van der Waals surface area contributed by atoms with E-state index in [1.54, 1.807) is 0 Å². The fourth-order valence-corrected chi connectivity index (χ4v) is 7.87. The highest BCUT2D eigenvalue weighted by Gasteiger charge is 2.22. The predicted octanol–water partition coefficient (Wildman–Crippen LogP) is 11.9. The van der Waals surface area contributed by atoms with Crippen LogP contribution in [-0.4, -0.2) is 24.1 Å². The molecule has 5 heteroatoms. The highest BCUT2D eigenvalue weighted by atomic mass is 15.1. The van der Waals surface area contributed by atoms with Crippen LogP contribution in [0.5, 0.6) is 0 Å². The van der Waals surface area contributed by atoms with E-state index in [1.807, 2.05) is 12.3 Å². The number of fused-ring (bicyclic) bond motifs is 7. The van der Waals surface area contributed by atoms with Gasteiger partial charge in [0.25, 0.3) is 0 Å². The second-order valence-electron chi connectivity index (χ2n) is 13.9. The van der Waals surface area contributed by atoms with E-state index < -0.39 is 0 Å². The van der Waals surface area contributed by atoms with E-state index >= 15 is 0 Å². The molecular formula is C46H35N5. The summed E-state index contributed by atoms with van der Waals surface area (Å²) in [6.45, 7) is 6.65. The quantitative estimate of drug-likeness (QED) is 0.200. The minimum Gasteiger partial charge on any atom is -0.354 e. The van der Waals surface area contributed by atoms with Gasteiger partial charge in [-0.05, 0) is 90.7 Å². The van der Waals surface area contributed by atoms with Crippen LogP contribution in [0.25, 0.3) is 88.7 Å². The molecule has 0 bridgehead atoms. The van der Waals surface area contributed by atoms with Gasteiger partial charge < -0.3 is 4.98 Å². The lowest BCUT2D eigenvalue weighted by molar-refractivity contribution is 0.868. The maximum Gasteiger partial charge on any atom is 0.147 e. The Balaban J connectivity index is 1.25. The Hall–Kier alpha value is -6.46. The number of H-pyrrole nitrogens is 1. The average Bonchev–Trinajstić information content (AvgIpc) is 3.84. The summed E-state index contributed by atoms with van der Waals surface area (Å²) in [4.78, 5) is 14.1. The van der Waals surface area contributed by atoms with Crippen LogP contribution in [0.3, 0.4) is 0 Å². The van der Waals surface area contributed by atoms with Crippen molar-refractivity contribution >= 4 is 54.6 Å². The summed E-state index contributed by atoms with van der Waals surface area (Å²) in [5.41, 5.74) is 13.4. The topological polar surface area (TPSA) is 51.4 Å². The van der Waals surface area contributed by atoms with Gasteiger partial charge in [0.1, 0.15) is 11.6 Å². The Morgan fingerprint density at radius 1 is 0.588 bits per heavy atom. The number of aromatic nitrogens is 5.